The average molecular weight is 535 g/mol. The topological polar surface area (TPSA) is 100 Å². The zero-order valence-electron chi connectivity index (χ0n) is 22.8. The second-order valence-electron chi connectivity index (χ2n) is 9.50. The highest BCUT2D eigenvalue weighted by Gasteiger charge is 2.27. The van der Waals surface area contributed by atoms with Crippen LogP contribution in [0.25, 0.3) is 11.8 Å². The lowest BCUT2D eigenvalue weighted by Crippen LogP contribution is -2.29. The van der Waals surface area contributed by atoms with Crippen molar-refractivity contribution in [3.05, 3.63) is 118 Å². The van der Waals surface area contributed by atoms with Gasteiger partial charge in [-0.05, 0) is 54.3 Å². The van der Waals surface area contributed by atoms with E-state index in [1.165, 1.54) is 12.4 Å². The number of hydrogen-bond acceptors (Lipinski definition) is 7. The number of halogens is 1. The SMILES string of the molecule is C=C1c2c(C)cccc2C=C(CNc2ncnc(N)c2C(=N)c2ccc(CC)c(OC)c2)N1c1ccccc1F. The predicted octanol–water partition coefficient (Wildman–Crippen LogP) is 6.44. The fraction of sp³-hybridized carbons (Fsp3) is 0.156. The lowest BCUT2D eigenvalue weighted by molar-refractivity contribution is 0.410. The largest absolute Gasteiger partial charge is 0.496 e. The summed E-state index contributed by atoms with van der Waals surface area (Å²) < 4.78 is 20.6. The average Bonchev–Trinajstić information content (AvgIpc) is 2.96. The zero-order chi connectivity index (χ0) is 28.4. The van der Waals surface area contributed by atoms with Gasteiger partial charge in [-0.2, -0.15) is 0 Å². The molecule has 1 aliphatic heterocycles. The molecule has 202 valence electrons. The number of hydrogen-bond donors (Lipinski definition) is 3. The fourth-order valence-electron chi connectivity index (χ4n) is 5.09. The van der Waals surface area contributed by atoms with Crippen LogP contribution in [0.1, 0.15) is 40.3 Å². The van der Waals surface area contributed by atoms with Crippen LogP contribution in [0.3, 0.4) is 0 Å². The maximum atomic E-state index is 15.1. The summed E-state index contributed by atoms with van der Waals surface area (Å²) in [5.41, 5.74) is 13.3. The van der Waals surface area contributed by atoms with E-state index in [9.17, 15) is 0 Å². The van der Waals surface area contributed by atoms with Crippen LogP contribution in [0.2, 0.25) is 0 Å². The molecule has 2 heterocycles. The first kappa shape index (κ1) is 26.6. The summed E-state index contributed by atoms with van der Waals surface area (Å²) in [6.07, 6.45) is 4.18. The van der Waals surface area contributed by atoms with Gasteiger partial charge in [0.25, 0.3) is 0 Å². The number of rotatable bonds is 8. The van der Waals surface area contributed by atoms with Gasteiger partial charge in [0.1, 0.15) is 29.5 Å². The van der Waals surface area contributed by atoms with E-state index in [0.717, 1.165) is 34.4 Å². The Balaban J connectivity index is 1.53. The van der Waals surface area contributed by atoms with Gasteiger partial charge in [0, 0.05) is 22.5 Å². The Hall–Kier alpha value is -4.98. The van der Waals surface area contributed by atoms with Gasteiger partial charge in [-0.15, -0.1) is 0 Å². The van der Waals surface area contributed by atoms with E-state index < -0.39 is 0 Å². The fourth-order valence-corrected chi connectivity index (χ4v) is 5.09. The smallest absolute Gasteiger partial charge is 0.147 e. The molecule has 1 aromatic heterocycles. The van der Waals surface area contributed by atoms with Gasteiger partial charge in [0.05, 0.1) is 30.6 Å². The van der Waals surface area contributed by atoms with Gasteiger partial charge in [-0.3, -0.25) is 5.41 Å². The van der Waals surface area contributed by atoms with E-state index in [-0.39, 0.29) is 23.9 Å². The number of aromatic nitrogens is 2. The van der Waals surface area contributed by atoms with Crippen LogP contribution in [-0.2, 0) is 6.42 Å². The van der Waals surface area contributed by atoms with E-state index in [1.54, 1.807) is 25.3 Å². The number of fused-ring (bicyclic) bond motifs is 1. The van der Waals surface area contributed by atoms with Crippen LogP contribution in [0.15, 0.2) is 79.3 Å². The first-order valence-corrected chi connectivity index (χ1v) is 13.0. The molecule has 7 nitrogen and oxygen atoms in total. The Labute approximate surface area is 233 Å². The normalized spacial score (nSPS) is 12.6. The molecule has 0 saturated carbocycles. The highest BCUT2D eigenvalue weighted by molar-refractivity contribution is 6.16. The molecular weight excluding hydrogens is 503 g/mol. The molecule has 40 heavy (non-hydrogen) atoms. The Bertz CT molecular complexity index is 1660. The van der Waals surface area contributed by atoms with Crippen LogP contribution in [0.5, 0.6) is 5.75 Å². The lowest BCUT2D eigenvalue weighted by atomic mass is 9.93. The van der Waals surface area contributed by atoms with Crippen molar-refractivity contribution < 1.29 is 9.13 Å². The Morgan fingerprint density at radius 1 is 1.12 bits per heavy atom. The Morgan fingerprint density at radius 3 is 2.67 bits per heavy atom. The standard InChI is InChI=1S/C32H31FN6O/c1-5-21-13-14-23(16-27(21)40-4)30(34)29-31(35)37-18-38-32(29)36-17-24-15-22-10-8-9-19(2)28(22)20(3)39(24)26-12-7-6-11-25(26)33/h6-16,18,34H,3,5,17H2,1-2,4H3,(H3,35,36,37,38). The molecule has 8 heteroatoms. The van der Waals surface area contributed by atoms with Crippen molar-refractivity contribution in [2.24, 2.45) is 0 Å². The van der Waals surface area contributed by atoms with Crippen molar-refractivity contribution in [3.63, 3.8) is 0 Å². The van der Waals surface area contributed by atoms with E-state index in [0.29, 0.717) is 34.1 Å². The summed E-state index contributed by atoms with van der Waals surface area (Å²) in [7, 11) is 1.61. The van der Waals surface area contributed by atoms with Gasteiger partial charge >= 0.3 is 0 Å². The van der Waals surface area contributed by atoms with Crippen molar-refractivity contribution in [3.8, 4) is 5.75 Å². The number of nitrogens with two attached hydrogens (primary N) is 1. The number of anilines is 3. The third kappa shape index (κ3) is 4.80. The molecule has 0 unspecified atom stereocenters. The number of benzene rings is 3. The molecule has 0 saturated heterocycles. The first-order valence-electron chi connectivity index (χ1n) is 13.0. The van der Waals surface area contributed by atoms with Crippen LogP contribution >= 0.6 is 0 Å². The van der Waals surface area contributed by atoms with Crippen LogP contribution in [0.4, 0.5) is 21.7 Å². The number of nitrogens with zero attached hydrogens (tertiary/aromatic N) is 3. The van der Waals surface area contributed by atoms with Crippen LogP contribution in [-0.4, -0.2) is 29.3 Å². The number of ether oxygens (including phenoxy) is 1. The van der Waals surface area contributed by atoms with Crippen molar-refractivity contribution in [2.75, 3.05) is 29.6 Å². The van der Waals surface area contributed by atoms with Gasteiger partial charge in [-0.1, -0.05) is 56.0 Å². The zero-order valence-corrected chi connectivity index (χ0v) is 22.8. The summed E-state index contributed by atoms with van der Waals surface area (Å²) in [6, 6.07) is 18.3. The minimum absolute atomic E-state index is 0.163. The highest BCUT2D eigenvalue weighted by atomic mass is 19.1. The monoisotopic (exact) mass is 534 g/mol. The number of nitrogens with one attached hydrogen (secondary N) is 2. The molecule has 0 fully saturated rings. The van der Waals surface area contributed by atoms with Gasteiger partial charge in [0.15, 0.2) is 0 Å². The summed E-state index contributed by atoms with van der Waals surface area (Å²) in [4.78, 5) is 10.4. The number of aryl methyl sites for hydroxylation is 2. The molecule has 0 radical (unpaired) electrons. The summed E-state index contributed by atoms with van der Waals surface area (Å²) in [6.45, 7) is 8.68. The highest BCUT2D eigenvalue weighted by Crippen LogP contribution is 2.39. The molecule has 0 bridgehead atoms. The van der Waals surface area contributed by atoms with E-state index in [1.807, 2.05) is 61.2 Å². The maximum Gasteiger partial charge on any atom is 0.147 e. The van der Waals surface area contributed by atoms with E-state index in [2.05, 4.69) is 21.9 Å². The lowest BCUT2D eigenvalue weighted by Gasteiger charge is -2.35. The van der Waals surface area contributed by atoms with E-state index in [4.69, 9.17) is 15.9 Å². The summed E-state index contributed by atoms with van der Waals surface area (Å²) >= 11 is 0. The molecule has 0 spiro atoms. The molecule has 5 rings (SSSR count). The molecule has 0 amide bonds. The first-order chi connectivity index (χ1) is 19.3. The molecule has 0 atom stereocenters. The Morgan fingerprint density at radius 2 is 1.93 bits per heavy atom. The van der Waals surface area contributed by atoms with Gasteiger partial charge in [0.2, 0.25) is 0 Å². The molecule has 3 aromatic carbocycles. The third-order valence-corrected chi connectivity index (χ3v) is 7.09. The van der Waals surface area contributed by atoms with Crippen molar-refractivity contribution in [1.82, 2.24) is 9.97 Å². The molecule has 1 aliphatic rings. The van der Waals surface area contributed by atoms with Gasteiger partial charge in [-0.25, -0.2) is 14.4 Å². The number of methoxy groups -OCH3 is 1. The minimum Gasteiger partial charge on any atom is -0.496 e. The van der Waals surface area contributed by atoms with Gasteiger partial charge < -0.3 is 20.7 Å². The molecule has 4 N–H and O–H groups in total. The van der Waals surface area contributed by atoms with Crippen molar-refractivity contribution >= 4 is 34.8 Å². The minimum atomic E-state index is -0.357. The Kier molecular flexibility index (Phi) is 7.33. The quantitative estimate of drug-likeness (QED) is 0.225. The maximum absolute atomic E-state index is 15.1. The van der Waals surface area contributed by atoms with Crippen LogP contribution in [0, 0.1) is 18.2 Å². The number of nitrogen functional groups attached to an aromatic ring is 1. The summed E-state index contributed by atoms with van der Waals surface area (Å²) in [5.74, 6) is 0.918. The summed E-state index contributed by atoms with van der Waals surface area (Å²) in [5, 5.41) is 12.3. The van der Waals surface area contributed by atoms with E-state index >= 15 is 4.39 Å². The second kappa shape index (κ2) is 11.0. The van der Waals surface area contributed by atoms with Crippen LogP contribution < -0.4 is 20.7 Å². The molecular formula is C32H31FN6O. The second-order valence-corrected chi connectivity index (χ2v) is 9.50. The molecule has 4 aromatic rings. The predicted molar refractivity (Wildman–Crippen MR) is 160 cm³/mol. The number of para-hydroxylation sites is 1. The van der Waals surface area contributed by atoms with Crippen molar-refractivity contribution in [1.29, 1.82) is 5.41 Å². The third-order valence-electron chi connectivity index (χ3n) is 7.09. The molecule has 0 aliphatic carbocycles. The van der Waals surface area contributed by atoms with Crippen molar-refractivity contribution in [2.45, 2.75) is 20.3 Å².